The number of sulfonamides is 1. The van der Waals surface area contributed by atoms with E-state index in [1.165, 1.54) is 25.5 Å². The van der Waals surface area contributed by atoms with Gasteiger partial charge in [0.05, 0.1) is 0 Å². The summed E-state index contributed by atoms with van der Waals surface area (Å²) in [7, 11) is -3.35. The van der Waals surface area contributed by atoms with Crippen LogP contribution in [0, 0.1) is 5.92 Å². The van der Waals surface area contributed by atoms with E-state index in [4.69, 9.17) is 0 Å². The Hall–Kier alpha value is -1.14. The topological polar surface area (TPSA) is 62.3 Å². The van der Waals surface area contributed by atoms with Gasteiger partial charge < -0.3 is 5.32 Å². The molecule has 2 fully saturated rings. The Kier molecular flexibility index (Phi) is 4.17. The van der Waals surface area contributed by atoms with Gasteiger partial charge in [-0.2, -0.15) is 4.31 Å². The number of hydrogen-bond acceptors (Lipinski definition) is 4. The van der Waals surface area contributed by atoms with E-state index < -0.39 is 10.0 Å². The van der Waals surface area contributed by atoms with Crippen LogP contribution in [0.25, 0.3) is 0 Å². The van der Waals surface area contributed by atoms with Crippen LogP contribution in [-0.2, 0) is 10.0 Å². The molecule has 1 saturated carbocycles. The lowest BCUT2D eigenvalue weighted by Crippen LogP contribution is -2.31. The first kappa shape index (κ1) is 14.8. The second kappa shape index (κ2) is 5.93. The molecular weight excluding hydrogens is 286 g/mol. The van der Waals surface area contributed by atoms with Crippen LogP contribution in [0.4, 0.5) is 5.82 Å². The molecule has 0 radical (unpaired) electrons. The van der Waals surface area contributed by atoms with Crippen LogP contribution >= 0.6 is 0 Å². The first-order chi connectivity index (χ1) is 10.1. The molecule has 1 aromatic rings. The quantitative estimate of drug-likeness (QED) is 0.907. The minimum atomic E-state index is -3.35. The zero-order chi connectivity index (χ0) is 14.9. The number of anilines is 1. The number of pyridine rings is 1. The van der Waals surface area contributed by atoms with Crippen molar-refractivity contribution in [1.29, 1.82) is 0 Å². The minimum Gasteiger partial charge on any atom is -0.367 e. The number of aromatic nitrogens is 1. The standard InChI is InChI=1S/C15H23N3O2S/c1-12(13-5-4-6-13)17-15-8-7-14(11-16-15)21(19,20)18-9-2-3-10-18/h7-8,11-13H,2-6,9-10H2,1H3,(H,16,17). The van der Waals surface area contributed by atoms with E-state index in [1.807, 2.05) is 0 Å². The molecule has 116 valence electrons. The molecule has 0 spiro atoms. The summed E-state index contributed by atoms with van der Waals surface area (Å²) in [6.07, 6.45) is 7.24. The molecule has 0 bridgehead atoms. The maximum absolute atomic E-state index is 12.4. The van der Waals surface area contributed by atoms with Gasteiger partial charge in [-0.3, -0.25) is 0 Å². The fourth-order valence-electron chi connectivity index (χ4n) is 2.99. The number of nitrogens with one attached hydrogen (secondary N) is 1. The van der Waals surface area contributed by atoms with Gasteiger partial charge in [0.1, 0.15) is 10.7 Å². The first-order valence-electron chi connectivity index (χ1n) is 7.80. The highest BCUT2D eigenvalue weighted by Gasteiger charge is 2.28. The molecule has 1 aliphatic carbocycles. The molecule has 0 amide bonds. The summed E-state index contributed by atoms with van der Waals surface area (Å²) in [5, 5.41) is 3.37. The largest absolute Gasteiger partial charge is 0.367 e. The van der Waals surface area contributed by atoms with E-state index >= 15 is 0 Å². The van der Waals surface area contributed by atoms with Crippen molar-refractivity contribution < 1.29 is 8.42 Å². The van der Waals surface area contributed by atoms with Gasteiger partial charge in [-0.25, -0.2) is 13.4 Å². The smallest absolute Gasteiger partial charge is 0.244 e. The highest BCUT2D eigenvalue weighted by molar-refractivity contribution is 7.89. The maximum Gasteiger partial charge on any atom is 0.244 e. The van der Waals surface area contributed by atoms with Gasteiger partial charge >= 0.3 is 0 Å². The molecule has 1 aromatic heterocycles. The van der Waals surface area contributed by atoms with Gasteiger partial charge in [0, 0.05) is 25.3 Å². The van der Waals surface area contributed by atoms with Crippen molar-refractivity contribution >= 4 is 15.8 Å². The Bertz CT molecular complexity index is 575. The van der Waals surface area contributed by atoms with Gasteiger partial charge in [-0.05, 0) is 50.7 Å². The Balaban J connectivity index is 1.68. The Morgan fingerprint density at radius 1 is 1.24 bits per heavy atom. The van der Waals surface area contributed by atoms with Crippen molar-refractivity contribution in [2.75, 3.05) is 18.4 Å². The molecule has 2 heterocycles. The molecule has 1 N–H and O–H groups in total. The predicted molar refractivity (Wildman–Crippen MR) is 82.7 cm³/mol. The molecule has 1 saturated heterocycles. The van der Waals surface area contributed by atoms with Crippen LogP contribution in [0.1, 0.15) is 39.0 Å². The fourth-order valence-corrected chi connectivity index (χ4v) is 4.45. The lowest BCUT2D eigenvalue weighted by Gasteiger charge is -2.32. The molecule has 21 heavy (non-hydrogen) atoms. The van der Waals surface area contributed by atoms with Crippen molar-refractivity contribution in [2.45, 2.75) is 50.0 Å². The van der Waals surface area contributed by atoms with E-state index in [-0.39, 0.29) is 0 Å². The summed E-state index contributed by atoms with van der Waals surface area (Å²) in [5.74, 6) is 1.48. The van der Waals surface area contributed by atoms with Gasteiger partial charge in [-0.15, -0.1) is 0 Å². The molecule has 2 aliphatic rings. The Morgan fingerprint density at radius 2 is 1.95 bits per heavy atom. The van der Waals surface area contributed by atoms with Crippen LogP contribution in [0.2, 0.25) is 0 Å². The van der Waals surface area contributed by atoms with Gasteiger partial charge in [0.2, 0.25) is 10.0 Å². The molecular formula is C15H23N3O2S. The van der Waals surface area contributed by atoms with E-state index in [2.05, 4.69) is 17.2 Å². The van der Waals surface area contributed by atoms with E-state index in [1.54, 1.807) is 16.4 Å². The third-order valence-corrected chi connectivity index (χ3v) is 6.55. The van der Waals surface area contributed by atoms with Crippen molar-refractivity contribution in [3.05, 3.63) is 18.3 Å². The predicted octanol–water partition coefficient (Wildman–Crippen LogP) is 2.47. The maximum atomic E-state index is 12.4. The normalized spacial score (nSPS) is 22.0. The summed E-state index contributed by atoms with van der Waals surface area (Å²) in [5.41, 5.74) is 0. The van der Waals surface area contributed by atoms with E-state index in [0.29, 0.717) is 24.0 Å². The molecule has 1 aliphatic heterocycles. The molecule has 0 aromatic carbocycles. The minimum absolute atomic E-state index is 0.297. The summed E-state index contributed by atoms with van der Waals surface area (Å²) in [6, 6.07) is 3.83. The highest BCUT2D eigenvalue weighted by atomic mass is 32.2. The van der Waals surface area contributed by atoms with Crippen LogP contribution in [0.5, 0.6) is 0 Å². The van der Waals surface area contributed by atoms with E-state index in [9.17, 15) is 8.42 Å². The number of rotatable bonds is 5. The first-order valence-corrected chi connectivity index (χ1v) is 9.24. The number of nitrogens with zero attached hydrogens (tertiary/aromatic N) is 2. The third kappa shape index (κ3) is 3.06. The molecule has 1 atom stereocenters. The molecule has 6 heteroatoms. The SMILES string of the molecule is CC(Nc1ccc(S(=O)(=O)N2CCCC2)cn1)C1CCC1. The Labute approximate surface area is 126 Å². The van der Waals surface area contributed by atoms with Crippen molar-refractivity contribution in [2.24, 2.45) is 5.92 Å². The average molecular weight is 309 g/mol. The second-order valence-corrected chi connectivity index (χ2v) is 8.05. The van der Waals surface area contributed by atoms with Crippen molar-refractivity contribution in [1.82, 2.24) is 9.29 Å². The average Bonchev–Trinajstić information content (AvgIpc) is 2.91. The summed E-state index contributed by atoms with van der Waals surface area (Å²) in [4.78, 5) is 4.58. The fraction of sp³-hybridized carbons (Fsp3) is 0.667. The lowest BCUT2D eigenvalue weighted by molar-refractivity contribution is 0.285. The van der Waals surface area contributed by atoms with E-state index in [0.717, 1.165) is 24.6 Å². The lowest BCUT2D eigenvalue weighted by atomic mass is 9.80. The van der Waals surface area contributed by atoms with Gasteiger partial charge in [0.25, 0.3) is 0 Å². The molecule has 1 unspecified atom stereocenters. The summed E-state index contributed by atoms with van der Waals surface area (Å²) < 4.78 is 26.3. The second-order valence-electron chi connectivity index (χ2n) is 6.11. The zero-order valence-electron chi connectivity index (χ0n) is 12.5. The van der Waals surface area contributed by atoms with Crippen LogP contribution < -0.4 is 5.32 Å². The van der Waals surface area contributed by atoms with Crippen LogP contribution in [0.15, 0.2) is 23.2 Å². The van der Waals surface area contributed by atoms with Gasteiger partial charge in [0.15, 0.2) is 0 Å². The summed E-state index contributed by atoms with van der Waals surface area (Å²) in [6.45, 7) is 3.42. The van der Waals surface area contributed by atoms with Crippen LogP contribution in [0.3, 0.4) is 0 Å². The highest BCUT2D eigenvalue weighted by Crippen LogP contribution is 2.30. The molecule has 3 rings (SSSR count). The van der Waals surface area contributed by atoms with Crippen LogP contribution in [-0.4, -0.2) is 36.8 Å². The third-order valence-electron chi connectivity index (χ3n) is 4.67. The zero-order valence-corrected chi connectivity index (χ0v) is 13.3. The number of hydrogen-bond donors (Lipinski definition) is 1. The monoisotopic (exact) mass is 309 g/mol. The molecule has 5 nitrogen and oxygen atoms in total. The summed E-state index contributed by atoms with van der Waals surface area (Å²) >= 11 is 0. The Morgan fingerprint density at radius 3 is 2.48 bits per heavy atom. The van der Waals surface area contributed by atoms with Crippen molar-refractivity contribution in [3.63, 3.8) is 0 Å². The van der Waals surface area contributed by atoms with Crippen molar-refractivity contribution in [3.8, 4) is 0 Å². The van der Waals surface area contributed by atoms with Gasteiger partial charge in [-0.1, -0.05) is 6.42 Å².